The van der Waals surface area contributed by atoms with Crippen molar-refractivity contribution >= 4 is 45.2 Å². The molecule has 7 heteroatoms. The average Bonchev–Trinajstić information content (AvgIpc) is 2.81. The largest absolute Gasteiger partial charge is 0.369 e. The third-order valence-electron chi connectivity index (χ3n) is 2.17. The van der Waals surface area contributed by atoms with E-state index in [2.05, 4.69) is 22.2 Å². The van der Waals surface area contributed by atoms with Gasteiger partial charge < -0.3 is 11.1 Å². The number of carbonyl (C=O) groups excluding carboxylic acids is 1. The predicted octanol–water partition coefficient (Wildman–Crippen LogP) is 2.09. The Bertz CT molecular complexity index is 555. The van der Waals surface area contributed by atoms with Crippen molar-refractivity contribution in [1.82, 2.24) is 9.97 Å². The molecule has 2 aromatic rings. The highest BCUT2D eigenvalue weighted by Crippen LogP contribution is 2.29. The minimum Gasteiger partial charge on any atom is -0.369 e. The van der Waals surface area contributed by atoms with Crippen LogP contribution < -0.4 is 11.1 Å². The van der Waals surface area contributed by atoms with Crippen LogP contribution in [0, 0.1) is 0 Å². The van der Waals surface area contributed by atoms with Crippen molar-refractivity contribution < 1.29 is 4.79 Å². The van der Waals surface area contributed by atoms with Crippen LogP contribution in [-0.4, -0.2) is 28.2 Å². The van der Waals surface area contributed by atoms with E-state index < -0.39 is 0 Å². The topological polar surface area (TPSA) is 80.9 Å². The first-order valence-corrected chi connectivity index (χ1v) is 7.47. The summed E-state index contributed by atoms with van der Waals surface area (Å²) in [6, 6.07) is 1.97. The van der Waals surface area contributed by atoms with E-state index in [0.29, 0.717) is 5.95 Å². The van der Waals surface area contributed by atoms with Gasteiger partial charge in [0, 0.05) is 11.9 Å². The Hall–Kier alpha value is -1.34. The van der Waals surface area contributed by atoms with E-state index in [0.717, 1.165) is 28.2 Å². The van der Waals surface area contributed by atoms with Gasteiger partial charge in [-0.3, -0.25) is 4.79 Å². The maximum Gasteiger partial charge on any atom is 0.227 e. The molecule has 0 unspecified atom stereocenters. The molecule has 0 saturated heterocycles. The van der Waals surface area contributed by atoms with Gasteiger partial charge in [0.05, 0.1) is 5.75 Å². The molecule has 0 spiro atoms. The fourth-order valence-electron chi connectivity index (χ4n) is 1.39. The van der Waals surface area contributed by atoms with Gasteiger partial charge in [0.25, 0.3) is 0 Å². The molecule has 0 atom stereocenters. The highest BCUT2D eigenvalue weighted by atomic mass is 32.2. The molecule has 5 nitrogen and oxygen atoms in total. The lowest BCUT2D eigenvalue weighted by Crippen LogP contribution is -2.13. The first kappa shape index (κ1) is 13.1. The molecule has 0 aromatic carbocycles. The number of rotatable bonds is 6. The van der Waals surface area contributed by atoms with Crippen molar-refractivity contribution in [2.24, 2.45) is 5.73 Å². The quantitative estimate of drug-likeness (QED) is 0.626. The highest BCUT2D eigenvalue weighted by Gasteiger charge is 2.10. The molecule has 0 bridgehead atoms. The van der Waals surface area contributed by atoms with Crippen LogP contribution in [0.1, 0.15) is 13.3 Å². The minimum atomic E-state index is -0.343. The summed E-state index contributed by atoms with van der Waals surface area (Å²) in [4.78, 5) is 20.6. The second-order valence-corrected chi connectivity index (χ2v) is 5.53. The Morgan fingerprint density at radius 3 is 3.11 bits per heavy atom. The second kappa shape index (κ2) is 6.01. The molecule has 3 N–H and O–H groups in total. The number of anilines is 1. The fraction of sp³-hybridized carbons (Fsp3) is 0.364. The molecule has 0 radical (unpaired) electrons. The molecular formula is C11H14N4OS2. The Labute approximate surface area is 113 Å². The highest BCUT2D eigenvalue weighted by molar-refractivity contribution is 8.00. The zero-order valence-electron chi connectivity index (χ0n) is 9.97. The minimum absolute atomic E-state index is 0.231. The Morgan fingerprint density at radius 2 is 2.39 bits per heavy atom. The van der Waals surface area contributed by atoms with E-state index in [1.807, 2.05) is 11.4 Å². The smallest absolute Gasteiger partial charge is 0.227 e. The molecule has 2 aromatic heterocycles. The van der Waals surface area contributed by atoms with Gasteiger partial charge >= 0.3 is 0 Å². The van der Waals surface area contributed by atoms with Crippen LogP contribution in [0.5, 0.6) is 0 Å². The molecule has 2 heterocycles. The Balaban J connectivity index is 2.29. The van der Waals surface area contributed by atoms with Gasteiger partial charge in [-0.1, -0.05) is 18.7 Å². The lowest BCUT2D eigenvalue weighted by atomic mass is 10.4. The number of hydrogen-bond acceptors (Lipinski definition) is 6. The van der Waals surface area contributed by atoms with Gasteiger partial charge in [0.1, 0.15) is 9.86 Å². The molecular weight excluding hydrogens is 268 g/mol. The molecule has 0 fully saturated rings. The van der Waals surface area contributed by atoms with Crippen LogP contribution in [-0.2, 0) is 4.79 Å². The molecule has 0 aliphatic heterocycles. The van der Waals surface area contributed by atoms with E-state index >= 15 is 0 Å². The van der Waals surface area contributed by atoms with E-state index in [-0.39, 0.29) is 11.7 Å². The van der Waals surface area contributed by atoms with E-state index in [1.54, 1.807) is 11.3 Å². The summed E-state index contributed by atoms with van der Waals surface area (Å²) in [7, 11) is 0. The fourth-order valence-corrected chi connectivity index (χ4v) is 2.97. The molecule has 96 valence electrons. The van der Waals surface area contributed by atoms with Crippen LogP contribution in [0.25, 0.3) is 10.2 Å². The number of fused-ring (bicyclic) bond motifs is 1. The van der Waals surface area contributed by atoms with Crippen molar-refractivity contribution in [3.8, 4) is 0 Å². The van der Waals surface area contributed by atoms with Crippen molar-refractivity contribution in [3.05, 3.63) is 11.4 Å². The zero-order valence-corrected chi connectivity index (χ0v) is 11.6. The van der Waals surface area contributed by atoms with Gasteiger partial charge in [0.2, 0.25) is 11.9 Å². The predicted molar refractivity (Wildman–Crippen MR) is 76.1 cm³/mol. The third kappa shape index (κ3) is 3.11. The van der Waals surface area contributed by atoms with Crippen LogP contribution in [0.2, 0.25) is 0 Å². The average molecular weight is 282 g/mol. The van der Waals surface area contributed by atoms with E-state index in [1.165, 1.54) is 11.8 Å². The van der Waals surface area contributed by atoms with Crippen LogP contribution >= 0.6 is 23.1 Å². The summed E-state index contributed by atoms with van der Waals surface area (Å²) >= 11 is 2.91. The summed E-state index contributed by atoms with van der Waals surface area (Å²) in [5.74, 6) is 0.499. The van der Waals surface area contributed by atoms with E-state index in [9.17, 15) is 4.79 Å². The number of nitrogens with zero attached hydrogens (tertiary/aromatic N) is 2. The summed E-state index contributed by atoms with van der Waals surface area (Å²) in [6.45, 7) is 2.91. The standard InChI is InChI=1S/C11H14N4OS2/c1-2-4-13-11-14-9-7(3-5-17-9)10(15-11)18-6-8(12)16/h3,5H,2,4,6H2,1H3,(H2,12,16)(H,13,14,15). The third-order valence-corrected chi connectivity index (χ3v) is 3.99. The number of nitrogens with one attached hydrogen (secondary N) is 1. The van der Waals surface area contributed by atoms with Crippen molar-refractivity contribution in [1.29, 1.82) is 0 Å². The number of nitrogens with two attached hydrogens (primary N) is 1. The summed E-state index contributed by atoms with van der Waals surface area (Å²) < 4.78 is 0. The zero-order chi connectivity index (χ0) is 13.0. The normalized spacial score (nSPS) is 10.7. The Kier molecular flexibility index (Phi) is 4.38. The Morgan fingerprint density at radius 1 is 1.56 bits per heavy atom. The van der Waals surface area contributed by atoms with Gasteiger partial charge in [0.15, 0.2) is 0 Å². The summed E-state index contributed by atoms with van der Waals surface area (Å²) in [6.07, 6.45) is 1.01. The van der Waals surface area contributed by atoms with Crippen molar-refractivity contribution in [3.63, 3.8) is 0 Å². The number of aromatic nitrogens is 2. The SMILES string of the molecule is CCCNc1nc(SCC(N)=O)c2ccsc2n1. The number of hydrogen-bond donors (Lipinski definition) is 2. The summed E-state index contributed by atoms with van der Waals surface area (Å²) in [5, 5.41) is 6.91. The van der Waals surface area contributed by atoms with Gasteiger partial charge in [-0.25, -0.2) is 9.97 Å². The number of amides is 1. The van der Waals surface area contributed by atoms with Gasteiger partial charge in [-0.15, -0.1) is 11.3 Å². The molecule has 0 aliphatic rings. The van der Waals surface area contributed by atoms with Crippen LogP contribution in [0.15, 0.2) is 16.5 Å². The molecule has 0 saturated carbocycles. The van der Waals surface area contributed by atoms with Crippen molar-refractivity contribution in [2.75, 3.05) is 17.6 Å². The summed E-state index contributed by atoms with van der Waals surface area (Å²) in [5.41, 5.74) is 5.16. The number of carbonyl (C=O) groups is 1. The molecule has 1 amide bonds. The van der Waals surface area contributed by atoms with Gasteiger partial charge in [-0.05, 0) is 17.9 Å². The van der Waals surface area contributed by atoms with Crippen molar-refractivity contribution in [2.45, 2.75) is 18.4 Å². The number of thioether (sulfide) groups is 1. The molecule has 0 aliphatic carbocycles. The van der Waals surface area contributed by atoms with Crippen LogP contribution in [0.4, 0.5) is 5.95 Å². The van der Waals surface area contributed by atoms with Gasteiger partial charge in [-0.2, -0.15) is 0 Å². The number of primary amides is 1. The lowest BCUT2D eigenvalue weighted by molar-refractivity contribution is -0.115. The molecule has 18 heavy (non-hydrogen) atoms. The molecule has 2 rings (SSSR count). The maximum atomic E-state index is 10.8. The monoisotopic (exact) mass is 282 g/mol. The van der Waals surface area contributed by atoms with Crippen LogP contribution in [0.3, 0.4) is 0 Å². The first-order valence-electron chi connectivity index (χ1n) is 5.61. The maximum absolute atomic E-state index is 10.8. The second-order valence-electron chi connectivity index (χ2n) is 3.67. The number of thiophene rings is 1. The first-order chi connectivity index (χ1) is 8.70. The lowest BCUT2D eigenvalue weighted by Gasteiger charge is -2.06. The van der Waals surface area contributed by atoms with E-state index in [4.69, 9.17) is 5.73 Å².